The monoisotopic (exact) mass is 582 g/mol. The Kier molecular flexibility index (Phi) is 25.4. The summed E-state index contributed by atoms with van der Waals surface area (Å²) in [5.41, 5.74) is 5.69. The summed E-state index contributed by atoms with van der Waals surface area (Å²) in [5.74, 6) is 0.704. The van der Waals surface area contributed by atoms with Crippen molar-refractivity contribution in [2.45, 2.75) is 106 Å². The number of ether oxygens (including phenoxy) is 1. The molecular weight excluding hydrogens is 524 g/mol. The van der Waals surface area contributed by atoms with Gasteiger partial charge >= 0.3 is 5.97 Å². The molecule has 40 heavy (non-hydrogen) atoms. The molecule has 0 aliphatic carbocycles. The lowest BCUT2D eigenvalue weighted by molar-refractivity contribution is -0.248. The number of hydrogen-bond donors (Lipinski definition) is 2. The van der Waals surface area contributed by atoms with E-state index in [2.05, 4.69) is 79.1 Å². The molecule has 1 aromatic rings. The number of hydroxylamine groups is 1. The third kappa shape index (κ3) is 20.2. The summed E-state index contributed by atoms with van der Waals surface area (Å²) in [6.45, 7) is 22.5. The molecule has 1 aromatic carbocycles. The van der Waals surface area contributed by atoms with Crippen LogP contribution in [0.25, 0.3) is 0 Å². The Balaban J connectivity index is 0. The highest BCUT2D eigenvalue weighted by atomic mass is 32.2. The molecule has 0 aromatic heterocycles. The van der Waals surface area contributed by atoms with Crippen molar-refractivity contribution < 1.29 is 24.1 Å². The molecule has 0 aliphatic rings. The minimum atomic E-state index is -0.345. The number of carbonyl (C=O) groups excluding carboxylic acids is 1. The fourth-order valence-electron chi connectivity index (χ4n) is 3.67. The second-order valence-corrected chi connectivity index (χ2v) is 11.1. The van der Waals surface area contributed by atoms with Crippen molar-refractivity contribution in [1.29, 1.82) is 0 Å². The molecule has 4 unspecified atom stereocenters. The quantitative estimate of drug-likeness (QED) is 0.111. The molecule has 0 radical (unpaired) electrons. The molecule has 1 rings (SSSR count). The van der Waals surface area contributed by atoms with E-state index in [0.29, 0.717) is 18.3 Å². The van der Waals surface area contributed by atoms with E-state index in [1.807, 2.05) is 46.2 Å². The highest BCUT2D eigenvalue weighted by Gasteiger charge is 2.23. The molecule has 0 fully saturated rings. The van der Waals surface area contributed by atoms with Gasteiger partial charge in [-0.05, 0) is 62.1 Å². The number of benzene rings is 1. The van der Waals surface area contributed by atoms with Gasteiger partial charge in [0.15, 0.2) is 0 Å². The van der Waals surface area contributed by atoms with Crippen LogP contribution in [0.2, 0.25) is 0 Å². The molecule has 0 aliphatic heterocycles. The largest absolute Gasteiger partial charge is 0.457 e. The smallest absolute Gasteiger partial charge is 0.303 e. The summed E-state index contributed by atoms with van der Waals surface area (Å²) in [6.07, 6.45) is 2.20. The van der Waals surface area contributed by atoms with Crippen molar-refractivity contribution in [3.8, 4) is 0 Å². The fourth-order valence-corrected chi connectivity index (χ4v) is 4.50. The molecule has 0 saturated heterocycles. The van der Waals surface area contributed by atoms with E-state index in [-0.39, 0.29) is 30.3 Å². The van der Waals surface area contributed by atoms with Crippen molar-refractivity contribution in [3.05, 3.63) is 58.4 Å². The van der Waals surface area contributed by atoms with Gasteiger partial charge in [-0.1, -0.05) is 90.2 Å². The average molecular weight is 583 g/mol. The van der Waals surface area contributed by atoms with Crippen molar-refractivity contribution >= 4 is 17.7 Å². The molecule has 8 heteroatoms. The Bertz CT molecular complexity index is 800. The normalized spacial score (nSPS) is 14.3. The number of thioether (sulfide) groups is 1. The van der Waals surface area contributed by atoms with Crippen molar-refractivity contribution in [3.63, 3.8) is 0 Å². The lowest BCUT2D eigenvalue weighted by Gasteiger charge is -2.26. The maximum Gasteiger partial charge on any atom is 0.303 e. The van der Waals surface area contributed by atoms with Crippen LogP contribution >= 0.6 is 11.8 Å². The predicted octanol–water partition coefficient (Wildman–Crippen LogP) is 7.49. The molecule has 0 heterocycles. The van der Waals surface area contributed by atoms with Crippen LogP contribution in [0.5, 0.6) is 0 Å². The Labute approximate surface area is 249 Å². The molecule has 7 nitrogen and oxygen atoms in total. The molecule has 0 saturated carbocycles. The molecule has 4 atom stereocenters. The Hall–Kier alpha value is -1.68. The van der Waals surface area contributed by atoms with Crippen LogP contribution in [0.3, 0.4) is 0 Å². The van der Waals surface area contributed by atoms with Gasteiger partial charge < -0.3 is 10.1 Å². The Morgan fingerprint density at radius 2 is 1.57 bits per heavy atom. The van der Waals surface area contributed by atoms with Gasteiger partial charge in [-0.25, -0.2) is 9.78 Å². The number of rotatable bonds is 17. The first-order valence-corrected chi connectivity index (χ1v) is 15.2. The van der Waals surface area contributed by atoms with Crippen LogP contribution in [0.15, 0.2) is 52.8 Å². The lowest BCUT2D eigenvalue weighted by atomic mass is 9.98. The van der Waals surface area contributed by atoms with Gasteiger partial charge in [-0.2, -0.15) is 5.48 Å². The van der Waals surface area contributed by atoms with Gasteiger partial charge in [0.05, 0.1) is 20.3 Å². The van der Waals surface area contributed by atoms with E-state index in [4.69, 9.17) is 9.57 Å². The zero-order valence-electron chi connectivity index (χ0n) is 27.2. The second-order valence-electron chi connectivity index (χ2n) is 10.1. The summed E-state index contributed by atoms with van der Waals surface area (Å²) in [4.78, 5) is 26.6. The van der Waals surface area contributed by atoms with Gasteiger partial charge in [0.1, 0.15) is 6.10 Å². The molecular formula is C32H58N2O5S. The third-order valence-electron chi connectivity index (χ3n) is 6.01. The number of esters is 1. The first-order chi connectivity index (χ1) is 18.9. The Morgan fingerprint density at radius 1 is 1.00 bits per heavy atom. The van der Waals surface area contributed by atoms with E-state index < -0.39 is 0 Å². The predicted molar refractivity (Wildman–Crippen MR) is 171 cm³/mol. The fraction of sp³-hybridized carbons (Fsp3) is 0.656. The second kappa shape index (κ2) is 25.1. The van der Waals surface area contributed by atoms with Gasteiger partial charge in [0.2, 0.25) is 0 Å². The number of carbonyl (C=O) groups is 1. The van der Waals surface area contributed by atoms with Crippen molar-refractivity contribution in [2.75, 3.05) is 21.3 Å². The summed E-state index contributed by atoms with van der Waals surface area (Å²) in [5, 5.41) is 5.36. The van der Waals surface area contributed by atoms with Crippen LogP contribution in [-0.4, -0.2) is 51.5 Å². The molecule has 232 valence electrons. The van der Waals surface area contributed by atoms with Crippen LogP contribution in [0, 0.1) is 11.8 Å². The maximum absolute atomic E-state index is 11.7. The minimum absolute atomic E-state index is 0.0985. The van der Waals surface area contributed by atoms with E-state index in [0.717, 1.165) is 23.3 Å². The van der Waals surface area contributed by atoms with Crippen LogP contribution in [0.1, 0.15) is 80.7 Å². The summed E-state index contributed by atoms with van der Waals surface area (Å²) < 4.78 is 5.59. The van der Waals surface area contributed by atoms with E-state index in [1.54, 1.807) is 0 Å². The summed E-state index contributed by atoms with van der Waals surface area (Å²) >= 11 is 1.51. The zero-order chi connectivity index (χ0) is 31.1. The van der Waals surface area contributed by atoms with Gasteiger partial charge in [-0.15, -0.1) is 0 Å². The van der Waals surface area contributed by atoms with E-state index in [9.17, 15) is 4.79 Å². The highest BCUT2D eigenvalue weighted by Crippen LogP contribution is 2.28. The van der Waals surface area contributed by atoms with Crippen LogP contribution < -0.4 is 10.8 Å². The molecule has 0 spiro atoms. The topological polar surface area (TPSA) is 78.0 Å². The van der Waals surface area contributed by atoms with E-state index in [1.165, 1.54) is 38.5 Å². The highest BCUT2D eigenvalue weighted by molar-refractivity contribution is 8.05. The molecule has 0 bridgehead atoms. The van der Waals surface area contributed by atoms with Crippen molar-refractivity contribution in [2.24, 2.45) is 11.8 Å². The zero-order valence-corrected chi connectivity index (χ0v) is 28.0. The van der Waals surface area contributed by atoms with Crippen molar-refractivity contribution in [1.82, 2.24) is 10.8 Å². The van der Waals surface area contributed by atoms with E-state index >= 15 is 0 Å². The average Bonchev–Trinajstić information content (AvgIpc) is 2.93. The first-order valence-electron chi connectivity index (χ1n) is 14.3. The number of nitrogens with one attached hydrogen (secondary N) is 2. The summed E-state index contributed by atoms with van der Waals surface area (Å²) in [7, 11) is 4.85. The minimum Gasteiger partial charge on any atom is -0.457 e. The van der Waals surface area contributed by atoms with Gasteiger partial charge in [-0.3, -0.25) is 9.63 Å². The SMILES string of the molecule is C=C(S/C=C(\C)C(C)ONC(Cc1ccccc1)CC(C)C)C(CC(NC)C(C)C)OC(C)=O.CC.COOC. The lowest BCUT2D eigenvalue weighted by Crippen LogP contribution is -2.36. The molecule has 0 amide bonds. The van der Waals surface area contributed by atoms with Gasteiger partial charge in [0.25, 0.3) is 0 Å². The van der Waals surface area contributed by atoms with Gasteiger partial charge in [0, 0.05) is 30.3 Å². The standard InChI is InChI=1S/C28H46N2O3S.C2H6O2.C2H6/c1-19(2)15-26(16-25-13-11-10-12-14-25)30-33-22(6)21(5)18-34-23(7)28(32-24(8)31)17-27(29-9)20(3)4;1-3-4-2;1-2/h10-14,18-20,22,26-30H,7,15-17H2,1-6,8-9H3;1-2H3;1-2H3/b21-18+;;. The summed E-state index contributed by atoms with van der Waals surface area (Å²) in [6, 6.07) is 11.0. The molecule has 2 N–H and O–H groups in total. The number of hydrogen-bond acceptors (Lipinski definition) is 8. The first kappa shape index (κ1) is 40.5. The maximum atomic E-state index is 11.7. The van der Waals surface area contributed by atoms with Crippen LogP contribution in [-0.2, 0) is 30.6 Å². The third-order valence-corrected chi connectivity index (χ3v) is 7.06. The van der Waals surface area contributed by atoms with Crippen LogP contribution in [0.4, 0.5) is 0 Å². The Morgan fingerprint density at radius 3 is 2.02 bits per heavy atom.